The molecule has 2 aromatic carbocycles. The van der Waals surface area contributed by atoms with E-state index in [-0.39, 0.29) is 0 Å². The van der Waals surface area contributed by atoms with Crippen LogP contribution in [0.4, 0.5) is 23.1 Å². The van der Waals surface area contributed by atoms with Crippen LogP contribution < -0.4 is 10.6 Å². The topological polar surface area (TPSA) is 49.8 Å². The second-order valence-corrected chi connectivity index (χ2v) is 6.34. The van der Waals surface area contributed by atoms with E-state index in [4.69, 9.17) is 46.4 Å². The summed E-state index contributed by atoms with van der Waals surface area (Å²) in [5, 5.41) is 8.00. The molecule has 0 aliphatic heterocycles. The molecule has 0 atom stereocenters. The van der Waals surface area contributed by atoms with Crippen LogP contribution in [-0.4, -0.2) is 9.97 Å². The van der Waals surface area contributed by atoms with Gasteiger partial charge < -0.3 is 10.6 Å². The minimum atomic E-state index is 0.332. The third-order valence-corrected chi connectivity index (χ3v) is 4.33. The molecule has 122 valence electrons. The molecule has 2 N–H and O–H groups in total. The largest absolute Gasteiger partial charge is 0.338 e. The van der Waals surface area contributed by atoms with Crippen LogP contribution in [0.2, 0.25) is 20.1 Å². The van der Waals surface area contributed by atoms with Gasteiger partial charge in [0.1, 0.15) is 5.82 Å². The van der Waals surface area contributed by atoms with Gasteiger partial charge in [-0.2, -0.15) is 4.98 Å². The molecule has 0 fully saturated rings. The van der Waals surface area contributed by atoms with Gasteiger partial charge in [-0.05, 0) is 30.3 Å². The zero-order valence-corrected chi connectivity index (χ0v) is 15.0. The Labute approximate surface area is 158 Å². The lowest BCUT2D eigenvalue weighted by Gasteiger charge is -2.12. The Morgan fingerprint density at radius 3 is 1.71 bits per heavy atom. The monoisotopic (exact) mass is 398 g/mol. The Balaban J connectivity index is 1.87. The molecular weight excluding hydrogens is 390 g/mol. The standard InChI is InChI=1S/C16H10Cl4N4/c17-9-3-1-4-10(18)14(9)22-13-7-8-21-16(23-13)24-15-11(19)5-2-6-12(15)20/h1-8H,(H2,21,22,23,24). The maximum Gasteiger partial charge on any atom is 0.229 e. The number of halogens is 4. The van der Waals surface area contributed by atoms with Gasteiger partial charge in [-0.15, -0.1) is 0 Å². The van der Waals surface area contributed by atoms with Crippen molar-refractivity contribution in [2.45, 2.75) is 0 Å². The summed E-state index contributed by atoms with van der Waals surface area (Å²) in [6.07, 6.45) is 1.59. The summed E-state index contributed by atoms with van der Waals surface area (Å²) in [5.41, 5.74) is 1.11. The van der Waals surface area contributed by atoms with E-state index >= 15 is 0 Å². The van der Waals surface area contributed by atoms with E-state index in [1.807, 2.05) is 0 Å². The Bertz CT molecular complexity index is 776. The highest BCUT2D eigenvalue weighted by Crippen LogP contribution is 2.33. The molecule has 24 heavy (non-hydrogen) atoms. The fourth-order valence-corrected chi connectivity index (χ4v) is 2.95. The Hall–Kier alpha value is -1.72. The van der Waals surface area contributed by atoms with Crippen molar-refractivity contribution in [2.24, 2.45) is 0 Å². The predicted octanol–water partition coefficient (Wildman–Crippen LogP) is 6.58. The first-order chi connectivity index (χ1) is 11.5. The highest BCUT2D eigenvalue weighted by molar-refractivity contribution is 6.39. The van der Waals surface area contributed by atoms with E-state index in [0.717, 1.165) is 0 Å². The second kappa shape index (κ2) is 7.45. The van der Waals surface area contributed by atoms with E-state index in [0.29, 0.717) is 43.2 Å². The van der Waals surface area contributed by atoms with Gasteiger partial charge in [-0.25, -0.2) is 4.98 Å². The first-order valence-electron chi connectivity index (χ1n) is 6.79. The molecule has 1 heterocycles. The summed E-state index contributed by atoms with van der Waals surface area (Å²) < 4.78 is 0. The van der Waals surface area contributed by atoms with Crippen molar-refractivity contribution < 1.29 is 0 Å². The molecule has 0 saturated carbocycles. The summed E-state index contributed by atoms with van der Waals surface area (Å²) >= 11 is 24.6. The van der Waals surface area contributed by atoms with Crippen molar-refractivity contribution in [1.29, 1.82) is 0 Å². The molecule has 0 radical (unpaired) electrons. The molecule has 0 amide bonds. The van der Waals surface area contributed by atoms with Gasteiger partial charge in [0.2, 0.25) is 5.95 Å². The van der Waals surface area contributed by atoms with Crippen LogP contribution in [0.25, 0.3) is 0 Å². The van der Waals surface area contributed by atoms with Crippen molar-refractivity contribution in [3.8, 4) is 0 Å². The Kier molecular flexibility index (Phi) is 5.31. The lowest BCUT2D eigenvalue weighted by atomic mass is 10.3. The van der Waals surface area contributed by atoms with E-state index in [2.05, 4.69) is 20.6 Å². The van der Waals surface area contributed by atoms with Crippen LogP contribution in [0.15, 0.2) is 48.7 Å². The van der Waals surface area contributed by atoms with E-state index in [1.54, 1.807) is 48.7 Å². The summed E-state index contributed by atoms with van der Waals surface area (Å²) in [5.74, 6) is 0.851. The molecule has 0 aliphatic carbocycles. The summed E-state index contributed by atoms with van der Waals surface area (Å²) in [6.45, 7) is 0. The summed E-state index contributed by atoms with van der Waals surface area (Å²) in [7, 11) is 0. The van der Waals surface area contributed by atoms with Crippen LogP contribution in [0.3, 0.4) is 0 Å². The number of hydrogen-bond donors (Lipinski definition) is 2. The first-order valence-corrected chi connectivity index (χ1v) is 8.31. The zero-order valence-electron chi connectivity index (χ0n) is 12.0. The van der Waals surface area contributed by atoms with Crippen molar-refractivity contribution >= 4 is 69.5 Å². The SMILES string of the molecule is Clc1cccc(Cl)c1Nc1ccnc(Nc2c(Cl)cccc2Cl)n1. The van der Waals surface area contributed by atoms with Crippen molar-refractivity contribution in [1.82, 2.24) is 9.97 Å². The number of nitrogens with zero attached hydrogens (tertiary/aromatic N) is 2. The average molecular weight is 400 g/mol. The molecule has 0 spiro atoms. The van der Waals surface area contributed by atoms with E-state index in [9.17, 15) is 0 Å². The molecule has 0 unspecified atom stereocenters. The zero-order chi connectivity index (χ0) is 17.1. The molecule has 1 aromatic heterocycles. The minimum absolute atomic E-state index is 0.332. The van der Waals surface area contributed by atoms with Gasteiger partial charge >= 0.3 is 0 Å². The normalized spacial score (nSPS) is 10.5. The predicted molar refractivity (Wildman–Crippen MR) is 102 cm³/mol. The van der Waals surface area contributed by atoms with Crippen molar-refractivity contribution in [3.63, 3.8) is 0 Å². The van der Waals surface area contributed by atoms with Gasteiger partial charge in [-0.3, -0.25) is 0 Å². The number of aromatic nitrogens is 2. The van der Waals surface area contributed by atoms with Gasteiger partial charge in [0.05, 0.1) is 31.5 Å². The molecule has 4 nitrogen and oxygen atoms in total. The second-order valence-electron chi connectivity index (χ2n) is 4.71. The van der Waals surface area contributed by atoms with E-state index in [1.165, 1.54) is 0 Å². The number of benzene rings is 2. The highest BCUT2D eigenvalue weighted by Gasteiger charge is 2.10. The van der Waals surface area contributed by atoms with Gasteiger partial charge in [0.15, 0.2) is 0 Å². The highest BCUT2D eigenvalue weighted by atomic mass is 35.5. The van der Waals surface area contributed by atoms with Crippen LogP contribution >= 0.6 is 46.4 Å². The van der Waals surface area contributed by atoms with Crippen molar-refractivity contribution in [2.75, 3.05) is 10.6 Å². The fourth-order valence-electron chi connectivity index (χ4n) is 1.96. The first kappa shape index (κ1) is 17.1. The van der Waals surface area contributed by atoms with Crippen LogP contribution in [0.5, 0.6) is 0 Å². The van der Waals surface area contributed by atoms with Crippen LogP contribution in [0.1, 0.15) is 0 Å². The maximum atomic E-state index is 6.15. The maximum absolute atomic E-state index is 6.15. The molecule has 3 rings (SSSR count). The number of hydrogen-bond acceptors (Lipinski definition) is 4. The molecule has 8 heteroatoms. The molecule has 0 bridgehead atoms. The van der Waals surface area contributed by atoms with Crippen LogP contribution in [0, 0.1) is 0 Å². The minimum Gasteiger partial charge on any atom is -0.338 e. The fraction of sp³-hybridized carbons (Fsp3) is 0. The third-order valence-electron chi connectivity index (χ3n) is 3.07. The molecule has 0 saturated heterocycles. The van der Waals surface area contributed by atoms with Gasteiger partial charge in [0, 0.05) is 6.20 Å². The average Bonchev–Trinajstić information content (AvgIpc) is 2.55. The van der Waals surface area contributed by atoms with Gasteiger partial charge in [0.25, 0.3) is 0 Å². The summed E-state index contributed by atoms with van der Waals surface area (Å²) in [6, 6.07) is 12.1. The number of anilines is 4. The molecular formula is C16H10Cl4N4. The van der Waals surface area contributed by atoms with Gasteiger partial charge in [-0.1, -0.05) is 58.5 Å². The Morgan fingerprint density at radius 2 is 1.17 bits per heavy atom. The quantitative estimate of drug-likeness (QED) is 0.520. The van der Waals surface area contributed by atoms with Crippen LogP contribution in [-0.2, 0) is 0 Å². The number of para-hydroxylation sites is 2. The van der Waals surface area contributed by atoms with Crippen molar-refractivity contribution in [3.05, 3.63) is 68.8 Å². The van der Waals surface area contributed by atoms with E-state index < -0.39 is 0 Å². The number of rotatable bonds is 4. The Morgan fingerprint density at radius 1 is 0.667 bits per heavy atom. The smallest absolute Gasteiger partial charge is 0.229 e. The lowest BCUT2D eigenvalue weighted by molar-refractivity contribution is 1.17. The molecule has 3 aromatic rings. The third kappa shape index (κ3) is 3.84. The number of nitrogens with one attached hydrogen (secondary N) is 2. The summed E-state index contributed by atoms with van der Waals surface area (Å²) in [4.78, 5) is 8.52. The lowest BCUT2D eigenvalue weighted by Crippen LogP contribution is -2.01. The molecule has 0 aliphatic rings.